The molecule has 2 aromatic rings. The standard InChI is InChI=1S/C10H9F3N4O/c11-10(12,13)6-18-5-8-15-9(17-16-8)7-2-1-3-14-4-7/h1-4H,5-6H2,(H,15,16,17). The van der Waals surface area contributed by atoms with Crippen molar-refractivity contribution in [2.24, 2.45) is 0 Å². The number of halogens is 3. The quantitative estimate of drug-likeness (QED) is 0.910. The van der Waals surface area contributed by atoms with E-state index in [1.807, 2.05) is 0 Å². The number of rotatable bonds is 4. The number of ether oxygens (including phenoxy) is 1. The van der Waals surface area contributed by atoms with Crippen LogP contribution >= 0.6 is 0 Å². The van der Waals surface area contributed by atoms with Gasteiger partial charge in [-0.15, -0.1) is 0 Å². The summed E-state index contributed by atoms with van der Waals surface area (Å²) >= 11 is 0. The maximum absolute atomic E-state index is 11.8. The van der Waals surface area contributed by atoms with E-state index >= 15 is 0 Å². The van der Waals surface area contributed by atoms with Crippen LogP contribution in [0.4, 0.5) is 13.2 Å². The average Bonchev–Trinajstić information content (AvgIpc) is 2.77. The van der Waals surface area contributed by atoms with Crippen LogP contribution < -0.4 is 0 Å². The first-order valence-corrected chi connectivity index (χ1v) is 5.01. The Balaban J connectivity index is 1.95. The van der Waals surface area contributed by atoms with E-state index in [4.69, 9.17) is 0 Å². The molecule has 0 fully saturated rings. The molecule has 0 saturated carbocycles. The Morgan fingerprint density at radius 1 is 1.33 bits per heavy atom. The summed E-state index contributed by atoms with van der Waals surface area (Å²) < 4.78 is 40.0. The van der Waals surface area contributed by atoms with Gasteiger partial charge in [0.2, 0.25) is 0 Å². The van der Waals surface area contributed by atoms with E-state index in [1.165, 1.54) is 0 Å². The maximum Gasteiger partial charge on any atom is 0.411 e. The van der Waals surface area contributed by atoms with Crippen molar-refractivity contribution in [2.75, 3.05) is 6.61 Å². The minimum atomic E-state index is -4.34. The fraction of sp³-hybridized carbons (Fsp3) is 0.300. The van der Waals surface area contributed by atoms with Crippen molar-refractivity contribution in [1.82, 2.24) is 20.2 Å². The van der Waals surface area contributed by atoms with Crippen LogP contribution in [0.25, 0.3) is 11.4 Å². The summed E-state index contributed by atoms with van der Waals surface area (Å²) in [5.74, 6) is 0.604. The molecule has 2 aromatic heterocycles. The lowest BCUT2D eigenvalue weighted by atomic mass is 10.3. The molecular weight excluding hydrogens is 249 g/mol. The van der Waals surface area contributed by atoms with Crippen molar-refractivity contribution in [3.05, 3.63) is 30.4 Å². The topological polar surface area (TPSA) is 63.7 Å². The zero-order chi connectivity index (χ0) is 13.0. The van der Waals surface area contributed by atoms with Crippen molar-refractivity contribution in [1.29, 1.82) is 0 Å². The summed E-state index contributed by atoms with van der Waals surface area (Å²) in [6.07, 6.45) is -1.18. The third-order valence-corrected chi connectivity index (χ3v) is 1.96. The van der Waals surface area contributed by atoms with Crippen molar-refractivity contribution in [3.63, 3.8) is 0 Å². The molecule has 0 amide bonds. The molecule has 0 radical (unpaired) electrons. The zero-order valence-electron chi connectivity index (χ0n) is 9.11. The summed E-state index contributed by atoms with van der Waals surface area (Å²) in [6, 6.07) is 3.46. The second-order valence-corrected chi connectivity index (χ2v) is 3.46. The summed E-state index contributed by atoms with van der Waals surface area (Å²) in [6.45, 7) is -1.58. The van der Waals surface area contributed by atoms with Gasteiger partial charge in [0, 0.05) is 18.0 Å². The van der Waals surface area contributed by atoms with Crippen molar-refractivity contribution in [3.8, 4) is 11.4 Å². The van der Waals surface area contributed by atoms with Gasteiger partial charge >= 0.3 is 6.18 Å². The van der Waals surface area contributed by atoms with E-state index < -0.39 is 12.8 Å². The van der Waals surface area contributed by atoms with Gasteiger partial charge in [0.05, 0.1) is 0 Å². The third-order valence-electron chi connectivity index (χ3n) is 1.96. The van der Waals surface area contributed by atoms with Gasteiger partial charge in [-0.2, -0.15) is 18.3 Å². The molecule has 2 heterocycles. The van der Waals surface area contributed by atoms with E-state index in [0.717, 1.165) is 0 Å². The van der Waals surface area contributed by atoms with Gasteiger partial charge in [0.15, 0.2) is 11.6 Å². The Morgan fingerprint density at radius 3 is 2.83 bits per heavy atom. The second-order valence-electron chi connectivity index (χ2n) is 3.46. The van der Waals surface area contributed by atoms with E-state index in [-0.39, 0.29) is 12.4 Å². The van der Waals surface area contributed by atoms with Crippen LogP contribution in [0.2, 0.25) is 0 Å². The SMILES string of the molecule is FC(F)(F)COCc1nc(-c2cccnc2)n[nH]1. The Labute approximate surface area is 100 Å². The highest BCUT2D eigenvalue weighted by atomic mass is 19.4. The molecule has 0 aliphatic heterocycles. The first kappa shape index (κ1) is 12.5. The first-order valence-electron chi connectivity index (χ1n) is 5.01. The molecule has 0 saturated heterocycles. The Kier molecular flexibility index (Phi) is 3.56. The molecule has 0 aromatic carbocycles. The number of nitrogens with one attached hydrogen (secondary N) is 1. The number of aromatic amines is 1. The van der Waals surface area contributed by atoms with Crippen LogP contribution in [0.15, 0.2) is 24.5 Å². The van der Waals surface area contributed by atoms with Gasteiger partial charge in [0.25, 0.3) is 0 Å². The molecular formula is C10H9F3N4O. The van der Waals surface area contributed by atoms with Crippen LogP contribution in [-0.2, 0) is 11.3 Å². The van der Waals surface area contributed by atoms with Gasteiger partial charge in [-0.05, 0) is 12.1 Å². The molecule has 96 valence electrons. The molecule has 0 aliphatic carbocycles. The van der Waals surface area contributed by atoms with Crippen LogP contribution in [-0.4, -0.2) is 32.9 Å². The highest BCUT2D eigenvalue weighted by Gasteiger charge is 2.27. The molecule has 0 aliphatic rings. The van der Waals surface area contributed by atoms with Gasteiger partial charge in [-0.3, -0.25) is 10.1 Å². The molecule has 0 unspecified atom stereocenters. The van der Waals surface area contributed by atoms with Crippen LogP contribution in [0.1, 0.15) is 5.82 Å². The number of nitrogens with zero attached hydrogens (tertiary/aromatic N) is 3. The summed E-state index contributed by atoms with van der Waals surface area (Å²) in [5.41, 5.74) is 0.677. The lowest BCUT2D eigenvalue weighted by molar-refractivity contribution is -0.177. The molecule has 0 bridgehead atoms. The smallest absolute Gasteiger partial charge is 0.364 e. The van der Waals surface area contributed by atoms with Crippen molar-refractivity contribution >= 4 is 0 Å². The summed E-state index contributed by atoms with van der Waals surface area (Å²) in [7, 11) is 0. The minimum Gasteiger partial charge on any atom is -0.364 e. The fourth-order valence-electron chi connectivity index (χ4n) is 1.25. The van der Waals surface area contributed by atoms with Crippen LogP contribution in [0.3, 0.4) is 0 Å². The lowest BCUT2D eigenvalue weighted by Crippen LogP contribution is -2.16. The van der Waals surface area contributed by atoms with Crippen LogP contribution in [0, 0.1) is 0 Å². The van der Waals surface area contributed by atoms with E-state index in [0.29, 0.717) is 11.4 Å². The highest BCUT2D eigenvalue weighted by molar-refractivity contribution is 5.52. The number of alkyl halides is 3. The fourth-order valence-corrected chi connectivity index (χ4v) is 1.25. The number of hydrogen-bond acceptors (Lipinski definition) is 4. The molecule has 8 heteroatoms. The number of H-pyrrole nitrogens is 1. The third kappa shape index (κ3) is 3.52. The predicted octanol–water partition coefficient (Wildman–Crippen LogP) is 1.95. The second kappa shape index (κ2) is 5.13. The van der Waals surface area contributed by atoms with E-state index in [9.17, 15) is 13.2 Å². The maximum atomic E-state index is 11.8. The van der Waals surface area contributed by atoms with Gasteiger partial charge in [0.1, 0.15) is 13.2 Å². The zero-order valence-corrected chi connectivity index (χ0v) is 9.11. The summed E-state index contributed by atoms with van der Waals surface area (Å²) in [5, 5.41) is 6.37. The largest absolute Gasteiger partial charge is 0.411 e. The minimum absolute atomic E-state index is 0.234. The Bertz CT molecular complexity index is 497. The first-order chi connectivity index (χ1) is 8.54. The van der Waals surface area contributed by atoms with Crippen molar-refractivity contribution < 1.29 is 17.9 Å². The molecule has 18 heavy (non-hydrogen) atoms. The monoisotopic (exact) mass is 258 g/mol. The van der Waals surface area contributed by atoms with Crippen molar-refractivity contribution in [2.45, 2.75) is 12.8 Å². The molecule has 0 spiro atoms. The molecule has 2 rings (SSSR count). The van der Waals surface area contributed by atoms with Crippen LogP contribution in [0.5, 0.6) is 0 Å². The predicted molar refractivity (Wildman–Crippen MR) is 55.3 cm³/mol. The molecule has 1 N–H and O–H groups in total. The molecule has 5 nitrogen and oxygen atoms in total. The summed E-state index contributed by atoms with van der Waals surface area (Å²) in [4.78, 5) is 7.89. The normalized spacial score (nSPS) is 11.7. The number of hydrogen-bond donors (Lipinski definition) is 1. The Morgan fingerprint density at radius 2 is 2.17 bits per heavy atom. The van der Waals surface area contributed by atoms with Gasteiger partial charge in [-0.1, -0.05) is 0 Å². The number of aromatic nitrogens is 4. The van der Waals surface area contributed by atoms with E-state index in [2.05, 4.69) is 24.9 Å². The van der Waals surface area contributed by atoms with E-state index in [1.54, 1.807) is 24.5 Å². The Hall–Kier alpha value is -1.96. The average molecular weight is 258 g/mol. The highest BCUT2D eigenvalue weighted by Crippen LogP contribution is 2.16. The number of pyridine rings is 1. The lowest BCUT2D eigenvalue weighted by Gasteiger charge is -2.05. The van der Waals surface area contributed by atoms with Gasteiger partial charge < -0.3 is 4.74 Å². The van der Waals surface area contributed by atoms with Gasteiger partial charge in [-0.25, -0.2) is 4.98 Å². The molecule has 0 atom stereocenters.